The highest BCUT2D eigenvalue weighted by Crippen LogP contribution is 2.13. The van der Waals surface area contributed by atoms with Gasteiger partial charge in [0.2, 0.25) is 0 Å². The Morgan fingerprint density at radius 1 is 1.69 bits per heavy atom. The Morgan fingerprint density at radius 2 is 2.38 bits per heavy atom. The number of likely N-dealkylation sites (tertiary alicyclic amines) is 1. The van der Waals surface area contributed by atoms with Gasteiger partial charge in [0.1, 0.15) is 6.10 Å². The number of aliphatic hydroxyl groups excluding tert-OH is 1. The number of ether oxygens (including phenoxy) is 1. The zero-order valence-electron chi connectivity index (χ0n) is 8.19. The van der Waals surface area contributed by atoms with Crippen LogP contribution in [0.5, 0.6) is 0 Å². The fourth-order valence-corrected chi connectivity index (χ4v) is 1.59. The first-order valence-electron chi connectivity index (χ1n) is 4.64. The maximum atomic E-state index is 11.4. The second kappa shape index (κ2) is 4.58. The molecule has 1 aliphatic rings. The van der Waals surface area contributed by atoms with E-state index in [9.17, 15) is 4.79 Å². The van der Waals surface area contributed by atoms with Crippen LogP contribution in [0.25, 0.3) is 0 Å². The zero-order chi connectivity index (χ0) is 9.84. The lowest BCUT2D eigenvalue weighted by molar-refractivity contribution is -0.142. The fourth-order valence-electron chi connectivity index (χ4n) is 1.59. The van der Waals surface area contributed by atoms with E-state index in [4.69, 9.17) is 9.84 Å². The van der Waals surface area contributed by atoms with Crippen molar-refractivity contribution in [2.75, 3.05) is 20.2 Å². The van der Waals surface area contributed by atoms with Gasteiger partial charge in [-0.25, -0.2) is 0 Å². The lowest BCUT2D eigenvalue weighted by Gasteiger charge is -2.32. The first kappa shape index (κ1) is 10.5. The van der Waals surface area contributed by atoms with Crippen LogP contribution in [0.15, 0.2) is 0 Å². The molecule has 0 radical (unpaired) electrons. The topological polar surface area (TPSA) is 49.8 Å². The molecule has 1 fully saturated rings. The number of methoxy groups -OCH3 is 1. The van der Waals surface area contributed by atoms with Gasteiger partial charge in [0.05, 0.1) is 6.10 Å². The lowest BCUT2D eigenvalue weighted by atomic mass is 10.1. The van der Waals surface area contributed by atoms with Crippen molar-refractivity contribution >= 4 is 5.91 Å². The van der Waals surface area contributed by atoms with Crippen LogP contribution in [-0.2, 0) is 9.53 Å². The molecule has 4 nitrogen and oxygen atoms in total. The van der Waals surface area contributed by atoms with Crippen molar-refractivity contribution in [1.82, 2.24) is 4.90 Å². The van der Waals surface area contributed by atoms with Gasteiger partial charge in [0.25, 0.3) is 5.91 Å². The molecular formula is C9H17NO3. The normalized spacial score (nSPS) is 25.8. The van der Waals surface area contributed by atoms with Crippen molar-refractivity contribution in [3.05, 3.63) is 0 Å². The Hall–Kier alpha value is -0.610. The van der Waals surface area contributed by atoms with Crippen LogP contribution in [-0.4, -0.2) is 48.3 Å². The summed E-state index contributed by atoms with van der Waals surface area (Å²) in [6.07, 6.45) is 1.20. The van der Waals surface area contributed by atoms with Crippen LogP contribution in [0, 0.1) is 0 Å². The molecule has 1 amide bonds. The van der Waals surface area contributed by atoms with Crippen molar-refractivity contribution in [3.8, 4) is 0 Å². The standard InChI is InChI=1S/C9H17NO3/c1-7(11)9(12)10-5-3-4-8(6-10)13-2/h7-8,11H,3-6H2,1-2H3/t7-,8?/m1/s1. The third-order valence-corrected chi connectivity index (χ3v) is 2.38. The van der Waals surface area contributed by atoms with Gasteiger partial charge in [-0.15, -0.1) is 0 Å². The van der Waals surface area contributed by atoms with E-state index >= 15 is 0 Å². The van der Waals surface area contributed by atoms with Gasteiger partial charge in [-0.1, -0.05) is 0 Å². The number of rotatable bonds is 2. The van der Waals surface area contributed by atoms with Crippen molar-refractivity contribution in [2.24, 2.45) is 0 Å². The molecule has 1 saturated heterocycles. The molecule has 0 aromatic heterocycles. The minimum Gasteiger partial charge on any atom is -0.384 e. The number of aliphatic hydroxyl groups is 1. The minimum absolute atomic E-state index is 0.136. The van der Waals surface area contributed by atoms with E-state index in [0.29, 0.717) is 6.54 Å². The predicted octanol–water partition coefficient (Wildman–Crippen LogP) is 0.00460. The van der Waals surface area contributed by atoms with E-state index in [2.05, 4.69) is 0 Å². The zero-order valence-corrected chi connectivity index (χ0v) is 8.19. The number of carbonyl (C=O) groups excluding carboxylic acids is 1. The minimum atomic E-state index is -0.893. The Morgan fingerprint density at radius 3 is 2.92 bits per heavy atom. The van der Waals surface area contributed by atoms with Gasteiger partial charge in [-0.05, 0) is 19.8 Å². The summed E-state index contributed by atoms with van der Waals surface area (Å²) in [6.45, 7) is 2.85. The summed E-state index contributed by atoms with van der Waals surface area (Å²) < 4.78 is 5.18. The van der Waals surface area contributed by atoms with E-state index in [1.165, 1.54) is 6.92 Å². The summed E-state index contributed by atoms with van der Waals surface area (Å²) in [5.74, 6) is -0.193. The summed E-state index contributed by atoms with van der Waals surface area (Å²) in [4.78, 5) is 13.0. The van der Waals surface area contributed by atoms with Crippen molar-refractivity contribution in [2.45, 2.75) is 32.0 Å². The predicted molar refractivity (Wildman–Crippen MR) is 48.3 cm³/mol. The van der Waals surface area contributed by atoms with Crippen LogP contribution in [0.4, 0.5) is 0 Å². The molecular weight excluding hydrogens is 170 g/mol. The lowest BCUT2D eigenvalue weighted by Crippen LogP contribution is -2.46. The highest BCUT2D eigenvalue weighted by molar-refractivity contribution is 5.80. The summed E-state index contributed by atoms with van der Waals surface area (Å²) in [7, 11) is 1.65. The van der Waals surface area contributed by atoms with Crippen molar-refractivity contribution in [1.29, 1.82) is 0 Å². The van der Waals surface area contributed by atoms with Gasteiger partial charge in [-0.2, -0.15) is 0 Å². The number of piperidine rings is 1. The fraction of sp³-hybridized carbons (Fsp3) is 0.889. The highest BCUT2D eigenvalue weighted by Gasteiger charge is 2.25. The van der Waals surface area contributed by atoms with Gasteiger partial charge < -0.3 is 14.7 Å². The largest absolute Gasteiger partial charge is 0.384 e. The first-order valence-corrected chi connectivity index (χ1v) is 4.64. The Kier molecular flexibility index (Phi) is 3.69. The molecule has 0 aliphatic carbocycles. The van der Waals surface area contributed by atoms with E-state index < -0.39 is 6.10 Å². The maximum absolute atomic E-state index is 11.4. The average Bonchev–Trinajstić information content (AvgIpc) is 2.16. The molecule has 2 atom stereocenters. The van der Waals surface area contributed by atoms with E-state index in [-0.39, 0.29) is 12.0 Å². The summed E-state index contributed by atoms with van der Waals surface area (Å²) in [6, 6.07) is 0. The monoisotopic (exact) mass is 187 g/mol. The Bertz CT molecular complexity index is 182. The third kappa shape index (κ3) is 2.67. The number of nitrogens with zero attached hydrogens (tertiary/aromatic N) is 1. The van der Waals surface area contributed by atoms with Crippen LogP contribution >= 0.6 is 0 Å². The molecule has 76 valence electrons. The molecule has 1 unspecified atom stereocenters. The molecule has 0 bridgehead atoms. The third-order valence-electron chi connectivity index (χ3n) is 2.38. The van der Waals surface area contributed by atoms with Gasteiger partial charge in [0.15, 0.2) is 0 Å². The van der Waals surface area contributed by atoms with Crippen LogP contribution < -0.4 is 0 Å². The van der Waals surface area contributed by atoms with E-state index in [1.54, 1.807) is 12.0 Å². The van der Waals surface area contributed by atoms with Gasteiger partial charge >= 0.3 is 0 Å². The Balaban J connectivity index is 2.46. The number of amides is 1. The summed E-state index contributed by atoms with van der Waals surface area (Å²) in [5, 5.41) is 9.10. The quantitative estimate of drug-likeness (QED) is 0.662. The molecule has 0 saturated carbocycles. The number of carbonyl (C=O) groups is 1. The molecule has 0 aromatic rings. The summed E-state index contributed by atoms with van der Waals surface area (Å²) >= 11 is 0. The van der Waals surface area contributed by atoms with Crippen molar-refractivity contribution in [3.63, 3.8) is 0 Å². The molecule has 0 spiro atoms. The second-order valence-electron chi connectivity index (χ2n) is 3.46. The van der Waals surface area contributed by atoms with Crippen LogP contribution in [0.1, 0.15) is 19.8 Å². The highest BCUT2D eigenvalue weighted by atomic mass is 16.5. The summed E-state index contributed by atoms with van der Waals surface area (Å²) in [5.41, 5.74) is 0. The number of hydrogen-bond acceptors (Lipinski definition) is 3. The second-order valence-corrected chi connectivity index (χ2v) is 3.46. The SMILES string of the molecule is COC1CCCN(C(=O)[C@@H](C)O)C1. The number of hydrogen-bond donors (Lipinski definition) is 1. The van der Waals surface area contributed by atoms with Crippen molar-refractivity contribution < 1.29 is 14.6 Å². The average molecular weight is 187 g/mol. The van der Waals surface area contributed by atoms with Crippen LogP contribution in [0.2, 0.25) is 0 Å². The van der Waals surface area contributed by atoms with E-state index in [0.717, 1.165) is 19.4 Å². The Labute approximate surface area is 78.5 Å². The molecule has 13 heavy (non-hydrogen) atoms. The van der Waals surface area contributed by atoms with Crippen LogP contribution in [0.3, 0.4) is 0 Å². The first-order chi connectivity index (χ1) is 6.15. The smallest absolute Gasteiger partial charge is 0.251 e. The van der Waals surface area contributed by atoms with Gasteiger partial charge in [0, 0.05) is 20.2 Å². The molecule has 1 aliphatic heterocycles. The molecule has 4 heteroatoms. The maximum Gasteiger partial charge on any atom is 0.251 e. The molecule has 1 N–H and O–H groups in total. The van der Waals surface area contributed by atoms with Gasteiger partial charge in [-0.3, -0.25) is 4.79 Å². The molecule has 0 aromatic carbocycles. The molecule has 1 rings (SSSR count). The molecule has 1 heterocycles. The van der Waals surface area contributed by atoms with E-state index in [1.807, 2.05) is 0 Å².